The normalized spacial score (nSPS) is 18.3. The van der Waals surface area contributed by atoms with Crippen LogP contribution in [0.5, 0.6) is 0 Å². The van der Waals surface area contributed by atoms with Crippen molar-refractivity contribution in [3.63, 3.8) is 0 Å². The van der Waals surface area contributed by atoms with Crippen molar-refractivity contribution in [3.8, 4) is 0 Å². The number of rotatable bonds is 9. The highest BCUT2D eigenvalue weighted by Crippen LogP contribution is 2.48. The first-order valence-corrected chi connectivity index (χ1v) is 16.6. The van der Waals surface area contributed by atoms with Crippen LogP contribution < -0.4 is 0 Å². The number of methoxy groups -OCH3 is 1. The predicted molar refractivity (Wildman–Crippen MR) is 189 cm³/mol. The second kappa shape index (κ2) is 13.3. The molecule has 2 N–H and O–H groups in total. The van der Waals surface area contributed by atoms with Crippen LogP contribution in [-0.4, -0.2) is 57.7 Å². The monoisotopic (exact) mass is 660 g/mol. The first-order valence-electron chi connectivity index (χ1n) is 16.6. The number of aldehydes is 1. The van der Waals surface area contributed by atoms with Crippen molar-refractivity contribution in [2.45, 2.75) is 71.6 Å². The van der Waals surface area contributed by atoms with E-state index >= 15 is 0 Å². The number of H-pyrrole nitrogens is 2. The Morgan fingerprint density at radius 1 is 1.04 bits per heavy atom. The predicted octanol–water partition coefficient (Wildman–Crippen LogP) is 7.33. The summed E-state index contributed by atoms with van der Waals surface area (Å²) in [7, 11) is 1.27. The first-order chi connectivity index (χ1) is 23.6. The van der Waals surface area contributed by atoms with Crippen molar-refractivity contribution < 1.29 is 28.7 Å². The fourth-order valence-corrected chi connectivity index (χ4v) is 7.34. The van der Waals surface area contributed by atoms with E-state index in [0.717, 1.165) is 39.7 Å². The average Bonchev–Trinajstić information content (AvgIpc) is 3.84. The number of carbonyl (C=O) groups is 4. The lowest BCUT2D eigenvalue weighted by molar-refractivity contribution is -0.143. The molecule has 0 saturated heterocycles. The molecule has 1 unspecified atom stereocenters. The minimum Gasteiger partial charge on any atom is -0.468 e. The van der Waals surface area contributed by atoms with Crippen molar-refractivity contribution in [1.82, 2.24) is 19.9 Å². The Hall–Kier alpha value is -5.38. The highest BCUT2D eigenvalue weighted by atomic mass is 16.5. The largest absolute Gasteiger partial charge is 0.468 e. The molecule has 0 saturated carbocycles. The fraction of sp³-hybridized carbons (Fsp3) is 0.333. The van der Waals surface area contributed by atoms with Gasteiger partial charge in [0.15, 0.2) is 12.1 Å². The Bertz CT molecular complexity index is 2160. The van der Waals surface area contributed by atoms with Crippen molar-refractivity contribution >= 4 is 63.3 Å². The maximum atomic E-state index is 14.2. The van der Waals surface area contributed by atoms with Gasteiger partial charge in [0, 0.05) is 62.8 Å². The molecule has 6 rings (SSSR count). The summed E-state index contributed by atoms with van der Waals surface area (Å²) in [6.45, 7) is 13.9. The molecule has 3 atom stereocenters. The van der Waals surface area contributed by atoms with Crippen LogP contribution in [0, 0.1) is 13.8 Å². The molecule has 49 heavy (non-hydrogen) atoms. The molecule has 0 spiro atoms. The molecule has 10 nitrogen and oxygen atoms in total. The summed E-state index contributed by atoms with van der Waals surface area (Å²) >= 11 is 0. The van der Waals surface area contributed by atoms with Gasteiger partial charge in [0.25, 0.3) is 0 Å². The number of aromatic amines is 2. The first kappa shape index (κ1) is 33.5. The van der Waals surface area contributed by atoms with Gasteiger partial charge in [0.1, 0.15) is 12.5 Å². The van der Waals surface area contributed by atoms with E-state index < -0.39 is 11.9 Å². The molecule has 0 radical (unpaired) electrons. The second-order valence-corrected chi connectivity index (χ2v) is 12.6. The molecule has 5 heterocycles. The van der Waals surface area contributed by atoms with Crippen molar-refractivity contribution in [2.75, 3.05) is 13.7 Å². The third-order valence-corrected chi connectivity index (χ3v) is 10.0. The number of esters is 2. The van der Waals surface area contributed by atoms with E-state index in [4.69, 9.17) is 19.4 Å². The zero-order valence-corrected chi connectivity index (χ0v) is 28.7. The zero-order valence-electron chi connectivity index (χ0n) is 28.7. The van der Waals surface area contributed by atoms with E-state index in [1.165, 1.54) is 7.11 Å². The maximum Gasteiger partial charge on any atom is 0.321 e. The number of Topliss-reactive ketones (excluding diaryl/α,β-unsaturated/α-hetero) is 1. The number of ketones is 1. The van der Waals surface area contributed by atoms with Gasteiger partial charge in [-0.05, 0) is 68.5 Å². The summed E-state index contributed by atoms with van der Waals surface area (Å²) in [5, 5.41) is 0. The molecule has 10 heteroatoms. The Morgan fingerprint density at radius 3 is 2.45 bits per heavy atom. The number of nitrogens with one attached hydrogen (secondary N) is 2. The molecule has 0 aromatic carbocycles. The second-order valence-electron chi connectivity index (χ2n) is 12.6. The van der Waals surface area contributed by atoms with Crippen LogP contribution in [-0.2, 0) is 23.9 Å². The smallest absolute Gasteiger partial charge is 0.321 e. The fourth-order valence-electron chi connectivity index (χ4n) is 7.34. The maximum absolute atomic E-state index is 14.2. The average molecular weight is 661 g/mol. The topological polar surface area (TPSA) is 144 Å². The highest BCUT2D eigenvalue weighted by Gasteiger charge is 2.45. The number of hydrogen-bond acceptors (Lipinski definition) is 8. The van der Waals surface area contributed by atoms with E-state index in [9.17, 15) is 19.2 Å². The number of ether oxygens (including phenoxy) is 2. The van der Waals surface area contributed by atoms with Gasteiger partial charge in [-0.3, -0.25) is 24.2 Å². The Kier molecular flexibility index (Phi) is 9.07. The molecule has 8 bridgehead atoms. The number of hydrogen-bond donors (Lipinski definition) is 2. The van der Waals surface area contributed by atoms with E-state index in [1.807, 2.05) is 58.9 Å². The Labute approximate surface area is 284 Å². The van der Waals surface area contributed by atoms with Crippen LogP contribution in [0.25, 0.3) is 39.3 Å². The van der Waals surface area contributed by atoms with Gasteiger partial charge in [-0.25, -0.2) is 4.98 Å². The Morgan fingerprint density at radius 2 is 1.78 bits per heavy atom. The van der Waals surface area contributed by atoms with Gasteiger partial charge in [-0.2, -0.15) is 0 Å². The highest BCUT2D eigenvalue weighted by molar-refractivity contribution is 6.24. The molecule has 1 aliphatic carbocycles. The van der Waals surface area contributed by atoms with E-state index in [1.54, 1.807) is 12.2 Å². The van der Waals surface area contributed by atoms with Gasteiger partial charge in [0.2, 0.25) is 0 Å². The SMILES string of the molecule is C=Cc1c(C)c2cc3nc(c4c5[nH]c(cc6nc(cc1[nH]2)C(C=O)=C6CC)c(C)c5C(=O)C4C(=O)OC)[C@@H](CCC(=O)OC/C=C\C)[C@@H]3C. The number of aromatic nitrogens is 4. The number of nitrogens with zero attached hydrogens (tertiary/aromatic N) is 2. The van der Waals surface area contributed by atoms with Crippen LogP contribution in [0.4, 0.5) is 0 Å². The molecule has 2 aliphatic heterocycles. The molecule has 3 aromatic heterocycles. The number of aryl methyl sites for hydroxylation is 2. The standard InChI is InChI=1S/C39H40N4O6/c1-8-11-14-49-32(45)13-12-24-20(5)27-15-26-19(4)22(9-2)29(40-26)17-31-25(18-44)23(10-3)30(41-31)16-28-21(6)33-37(43-28)34(36(24)42-27)35(38(33)46)39(47)48-7/h8-9,11,15-18,20,24,35,40,43H,2,10,12-14H2,1,3-7H3/b11-8-,26-15?,27-15?,28-16?,29-17?,30-16?,31-17?,36-34?/t20-,24-,35?/m0/s1. The summed E-state index contributed by atoms with van der Waals surface area (Å²) < 4.78 is 10.6. The van der Waals surface area contributed by atoms with Gasteiger partial charge < -0.3 is 19.4 Å². The Balaban J connectivity index is 1.72. The minimum absolute atomic E-state index is 0.128. The number of fused-ring (bicyclic) bond motifs is 8. The van der Waals surface area contributed by atoms with Gasteiger partial charge >= 0.3 is 11.9 Å². The molecular formula is C39H40N4O6. The molecule has 3 aromatic rings. The minimum atomic E-state index is -1.22. The summed E-state index contributed by atoms with van der Waals surface area (Å²) in [6.07, 6.45) is 7.26. The van der Waals surface area contributed by atoms with E-state index in [-0.39, 0.29) is 36.6 Å². The summed E-state index contributed by atoms with van der Waals surface area (Å²) in [5.74, 6) is -3.11. The van der Waals surface area contributed by atoms with Crippen LogP contribution in [0.3, 0.4) is 0 Å². The van der Waals surface area contributed by atoms with Crippen molar-refractivity contribution in [3.05, 3.63) is 87.5 Å². The van der Waals surface area contributed by atoms with Crippen molar-refractivity contribution in [1.29, 1.82) is 0 Å². The van der Waals surface area contributed by atoms with Crippen molar-refractivity contribution in [2.24, 2.45) is 0 Å². The van der Waals surface area contributed by atoms with E-state index in [0.29, 0.717) is 63.2 Å². The van der Waals surface area contributed by atoms with Gasteiger partial charge in [0.05, 0.1) is 29.7 Å². The molecule has 3 aliphatic rings. The summed E-state index contributed by atoms with van der Waals surface area (Å²) in [5.41, 5.74) is 9.69. The molecule has 0 amide bonds. The lowest BCUT2D eigenvalue weighted by atomic mass is 9.84. The lowest BCUT2D eigenvalue weighted by Gasteiger charge is -2.18. The van der Waals surface area contributed by atoms with Crippen LogP contribution in [0.2, 0.25) is 0 Å². The quantitative estimate of drug-likeness (QED) is 0.105. The lowest BCUT2D eigenvalue weighted by Crippen LogP contribution is -2.21. The van der Waals surface area contributed by atoms with Gasteiger partial charge in [-0.1, -0.05) is 38.7 Å². The van der Waals surface area contributed by atoms with Crippen LogP contribution in [0.15, 0.2) is 36.9 Å². The number of allylic oxidation sites excluding steroid dienone is 3. The van der Waals surface area contributed by atoms with Crippen LogP contribution in [0.1, 0.15) is 113 Å². The third-order valence-electron chi connectivity index (χ3n) is 10.0. The van der Waals surface area contributed by atoms with E-state index in [2.05, 4.69) is 16.5 Å². The summed E-state index contributed by atoms with van der Waals surface area (Å²) in [4.78, 5) is 69.7. The molecular weight excluding hydrogens is 620 g/mol. The number of carbonyl (C=O) groups excluding carboxylic acids is 4. The van der Waals surface area contributed by atoms with Gasteiger partial charge in [-0.15, -0.1) is 0 Å². The molecule has 0 fully saturated rings. The zero-order chi connectivity index (χ0) is 35.1. The van der Waals surface area contributed by atoms with Crippen LogP contribution >= 0.6 is 0 Å². The summed E-state index contributed by atoms with van der Waals surface area (Å²) in [6, 6.07) is 5.68. The molecule has 252 valence electrons. The third kappa shape index (κ3) is 5.54.